The van der Waals surface area contributed by atoms with Gasteiger partial charge in [-0.25, -0.2) is 9.29 Å². The van der Waals surface area contributed by atoms with Crippen molar-refractivity contribution in [2.24, 2.45) is 29.1 Å². The summed E-state index contributed by atoms with van der Waals surface area (Å²) in [5.41, 5.74) is 3.22. The Labute approximate surface area is 293 Å². The summed E-state index contributed by atoms with van der Waals surface area (Å²) >= 11 is 6.10. The lowest BCUT2D eigenvalue weighted by Gasteiger charge is -2.49. The molecular weight excluding hydrogens is 657 g/mol. The normalized spacial score (nSPS) is 27.2. The molecule has 8 rings (SSSR count). The summed E-state index contributed by atoms with van der Waals surface area (Å²) in [4.78, 5) is 59.7. The lowest BCUT2D eigenvalue weighted by Crippen LogP contribution is -2.48. The molecule has 4 amide bonds. The van der Waals surface area contributed by atoms with Gasteiger partial charge in [-0.05, 0) is 104 Å². The van der Waals surface area contributed by atoms with E-state index >= 15 is 0 Å². The van der Waals surface area contributed by atoms with Crippen LogP contribution in [0.5, 0.6) is 5.75 Å². The number of hydrogen-bond acceptors (Lipinski definition) is 6. The number of benzene rings is 4. The molecule has 4 aromatic carbocycles. The molecule has 2 aliphatic carbocycles. The summed E-state index contributed by atoms with van der Waals surface area (Å²) in [6, 6.07) is 25.7. The Kier molecular flexibility index (Phi) is 7.45. The third-order valence-corrected chi connectivity index (χ3v) is 11.5. The molecule has 2 N–H and O–H groups in total. The molecule has 252 valence electrons. The van der Waals surface area contributed by atoms with Gasteiger partial charge in [0.05, 0.1) is 39.6 Å². The third kappa shape index (κ3) is 4.70. The highest BCUT2D eigenvalue weighted by molar-refractivity contribution is 6.32. The SMILES string of the molecule is Cc1cc(C2C3=CCC4C(=O)N(c5ccc(Nc6ccccc6)cc5)C(=O)C4C3CC3C(=O)N(c4ccc(F)c(Cl)c4)C(=O)C32C)ccc1O. The van der Waals surface area contributed by atoms with Gasteiger partial charge < -0.3 is 10.4 Å². The summed E-state index contributed by atoms with van der Waals surface area (Å²) < 4.78 is 14.1. The van der Waals surface area contributed by atoms with Gasteiger partial charge in [0.15, 0.2) is 0 Å². The predicted molar refractivity (Wildman–Crippen MR) is 188 cm³/mol. The maximum Gasteiger partial charge on any atom is 0.241 e. The van der Waals surface area contributed by atoms with E-state index in [2.05, 4.69) is 5.32 Å². The van der Waals surface area contributed by atoms with Gasteiger partial charge in [0.2, 0.25) is 23.6 Å². The van der Waals surface area contributed by atoms with E-state index in [1.54, 1.807) is 38.1 Å². The Morgan fingerprint density at radius 3 is 2.22 bits per heavy atom. The second-order valence-corrected chi connectivity index (χ2v) is 14.3. The van der Waals surface area contributed by atoms with Crippen LogP contribution in [-0.2, 0) is 19.2 Å². The van der Waals surface area contributed by atoms with Crippen molar-refractivity contribution in [3.8, 4) is 5.75 Å². The van der Waals surface area contributed by atoms with Crippen molar-refractivity contribution in [1.82, 2.24) is 0 Å². The van der Waals surface area contributed by atoms with Gasteiger partial charge in [-0.15, -0.1) is 0 Å². The molecule has 2 saturated heterocycles. The van der Waals surface area contributed by atoms with Crippen molar-refractivity contribution >= 4 is 58.0 Å². The number of nitrogens with one attached hydrogen (secondary N) is 1. The number of rotatable bonds is 5. The molecular formula is C40H33ClFN3O5. The lowest BCUT2D eigenvalue weighted by atomic mass is 9.51. The zero-order valence-corrected chi connectivity index (χ0v) is 28.0. The van der Waals surface area contributed by atoms with Gasteiger partial charge in [-0.3, -0.25) is 24.1 Å². The number of nitrogens with zero attached hydrogens (tertiary/aromatic N) is 2. The van der Waals surface area contributed by atoms with Gasteiger partial charge in [-0.1, -0.05) is 53.6 Å². The Morgan fingerprint density at radius 2 is 1.52 bits per heavy atom. The minimum atomic E-state index is -1.27. The molecule has 2 heterocycles. The van der Waals surface area contributed by atoms with Crippen LogP contribution in [0.4, 0.5) is 27.1 Å². The highest BCUT2D eigenvalue weighted by Crippen LogP contribution is 2.64. The van der Waals surface area contributed by atoms with Crippen LogP contribution in [0.2, 0.25) is 5.02 Å². The van der Waals surface area contributed by atoms with Gasteiger partial charge in [-0.2, -0.15) is 0 Å². The smallest absolute Gasteiger partial charge is 0.241 e. The Bertz CT molecular complexity index is 2140. The first-order chi connectivity index (χ1) is 24.0. The van der Waals surface area contributed by atoms with E-state index in [-0.39, 0.29) is 34.7 Å². The van der Waals surface area contributed by atoms with Gasteiger partial charge >= 0.3 is 0 Å². The lowest BCUT2D eigenvalue weighted by molar-refractivity contribution is -0.131. The number of allylic oxidation sites excluding steroid dienone is 2. The fraction of sp³-hybridized carbons (Fsp3) is 0.250. The zero-order chi connectivity index (χ0) is 35.1. The highest BCUT2D eigenvalue weighted by atomic mass is 35.5. The minimum absolute atomic E-state index is 0.0918. The van der Waals surface area contributed by atoms with Crippen LogP contribution < -0.4 is 15.1 Å². The highest BCUT2D eigenvalue weighted by Gasteiger charge is 2.67. The van der Waals surface area contributed by atoms with E-state index in [4.69, 9.17) is 11.6 Å². The van der Waals surface area contributed by atoms with Crippen molar-refractivity contribution in [2.45, 2.75) is 32.6 Å². The van der Waals surface area contributed by atoms with E-state index in [0.29, 0.717) is 17.7 Å². The summed E-state index contributed by atoms with van der Waals surface area (Å²) in [5.74, 6) is -5.45. The van der Waals surface area contributed by atoms with Crippen molar-refractivity contribution in [1.29, 1.82) is 0 Å². The van der Waals surface area contributed by atoms with Gasteiger partial charge in [0.25, 0.3) is 0 Å². The molecule has 0 radical (unpaired) electrons. The second kappa shape index (κ2) is 11.7. The summed E-state index contributed by atoms with van der Waals surface area (Å²) in [6.45, 7) is 3.54. The first-order valence-corrected chi connectivity index (χ1v) is 17.0. The van der Waals surface area contributed by atoms with E-state index in [1.165, 1.54) is 17.0 Å². The number of aryl methyl sites for hydroxylation is 1. The number of phenols is 1. The standard InChI is InChI=1S/C40H33ClFN3O5/c1-21-18-22(8-17-33(21)46)35-27-14-15-28-34(38(49)44(36(28)47)25-11-9-24(10-12-25)43-23-6-4-3-5-7-23)29(27)20-30-37(48)45(39(50)40(30,35)2)26-13-16-32(42)31(41)19-26/h3-14,16-19,28-30,34-35,43,46H,15,20H2,1-2H3. The number of para-hydroxylation sites is 1. The van der Waals surface area contributed by atoms with Crippen LogP contribution in [0.3, 0.4) is 0 Å². The molecule has 0 spiro atoms. The fourth-order valence-corrected chi connectivity index (χ4v) is 8.94. The van der Waals surface area contributed by atoms with Crippen LogP contribution in [0.1, 0.15) is 36.8 Å². The number of imide groups is 2. The molecule has 0 bridgehead atoms. The molecule has 6 atom stereocenters. The number of halogens is 2. The summed E-state index contributed by atoms with van der Waals surface area (Å²) in [7, 11) is 0. The van der Waals surface area contributed by atoms with Crippen molar-refractivity contribution < 1.29 is 28.7 Å². The maximum atomic E-state index is 14.6. The molecule has 8 nitrogen and oxygen atoms in total. The monoisotopic (exact) mass is 689 g/mol. The van der Waals surface area contributed by atoms with Crippen molar-refractivity contribution in [2.75, 3.05) is 15.1 Å². The van der Waals surface area contributed by atoms with Crippen LogP contribution in [0.15, 0.2) is 103 Å². The molecule has 0 aromatic heterocycles. The Balaban J connectivity index is 1.18. The first kappa shape index (κ1) is 32.0. The third-order valence-electron chi connectivity index (χ3n) is 11.2. The zero-order valence-electron chi connectivity index (χ0n) is 27.3. The Hall–Kier alpha value is -5.28. The molecule has 3 fully saturated rings. The maximum absolute atomic E-state index is 14.6. The van der Waals surface area contributed by atoms with Gasteiger partial charge in [0.1, 0.15) is 11.6 Å². The number of aromatic hydroxyl groups is 1. The number of carbonyl (C=O) groups is 4. The number of hydrogen-bond donors (Lipinski definition) is 2. The van der Waals surface area contributed by atoms with Crippen LogP contribution >= 0.6 is 11.6 Å². The summed E-state index contributed by atoms with van der Waals surface area (Å²) in [5, 5.41) is 13.5. The average molecular weight is 690 g/mol. The quantitative estimate of drug-likeness (QED) is 0.165. The molecule has 1 saturated carbocycles. The molecule has 4 aliphatic rings. The van der Waals surface area contributed by atoms with Crippen LogP contribution in [0, 0.1) is 41.8 Å². The van der Waals surface area contributed by atoms with E-state index in [1.807, 2.05) is 54.6 Å². The van der Waals surface area contributed by atoms with Crippen molar-refractivity contribution in [3.05, 3.63) is 125 Å². The number of anilines is 4. The minimum Gasteiger partial charge on any atom is -0.508 e. The van der Waals surface area contributed by atoms with E-state index in [0.717, 1.165) is 33.5 Å². The molecule has 4 aromatic rings. The second-order valence-electron chi connectivity index (χ2n) is 13.9. The summed E-state index contributed by atoms with van der Waals surface area (Å²) in [6.07, 6.45) is 2.47. The molecule has 10 heteroatoms. The van der Waals surface area contributed by atoms with Crippen molar-refractivity contribution in [3.63, 3.8) is 0 Å². The fourth-order valence-electron chi connectivity index (χ4n) is 8.76. The number of amides is 4. The van der Waals surface area contributed by atoms with Gasteiger partial charge in [0, 0.05) is 17.3 Å². The number of phenolic OH excluding ortho intramolecular Hbond substituents is 1. The van der Waals surface area contributed by atoms with Crippen LogP contribution in [-0.4, -0.2) is 28.7 Å². The average Bonchev–Trinajstić information content (AvgIpc) is 3.47. The number of carbonyl (C=O) groups excluding carboxylic acids is 4. The Morgan fingerprint density at radius 1 is 0.820 bits per heavy atom. The molecule has 50 heavy (non-hydrogen) atoms. The van der Waals surface area contributed by atoms with Crippen LogP contribution in [0.25, 0.3) is 0 Å². The largest absolute Gasteiger partial charge is 0.508 e. The molecule has 2 aliphatic heterocycles. The predicted octanol–water partition coefficient (Wildman–Crippen LogP) is 7.67. The molecule has 6 unspecified atom stereocenters. The first-order valence-electron chi connectivity index (χ1n) is 16.6. The van der Waals surface area contributed by atoms with E-state index in [9.17, 15) is 28.7 Å². The number of fused-ring (bicyclic) bond motifs is 4. The van der Waals surface area contributed by atoms with E-state index < -0.39 is 52.6 Å². The topological polar surface area (TPSA) is 107 Å².